The lowest BCUT2D eigenvalue weighted by atomic mass is 10.2. The highest BCUT2D eigenvalue weighted by Crippen LogP contribution is 2.33. The maximum absolute atomic E-state index is 13.6. The van der Waals surface area contributed by atoms with Gasteiger partial charge in [0.05, 0.1) is 5.69 Å². The summed E-state index contributed by atoms with van der Waals surface area (Å²) < 4.78 is 54.5. The number of nitrogens with zero attached hydrogens (tertiary/aromatic N) is 4. The Morgan fingerprint density at radius 3 is 2.76 bits per heavy atom. The quantitative estimate of drug-likeness (QED) is 0.852. The van der Waals surface area contributed by atoms with Gasteiger partial charge in [-0.25, -0.2) is 9.07 Å². The van der Waals surface area contributed by atoms with Gasteiger partial charge in [-0.3, -0.25) is 4.79 Å². The average Bonchev–Trinajstić information content (AvgIpc) is 3.22. The number of amides is 1. The molecule has 1 aliphatic rings. The van der Waals surface area contributed by atoms with Crippen LogP contribution in [0.4, 0.5) is 17.6 Å². The molecule has 1 aliphatic heterocycles. The van der Waals surface area contributed by atoms with Crippen LogP contribution in [0, 0.1) is 5.82 Å². The molecule has 0 bridgehead atoms. The van der Waals surface area contributed by atoms with Crippen molar-refractivity contribution in [3.8, 4) is 5.69 Å². The third-order valence-electron chi connectivity index (χ3n) is 4.10. The molecule has 1 amide bonds. The summed E-state index contributed by atoms with van der Waals surface area (Å²) in [6, 6.07) is 4.28. The van der Waals surface area contributed by atoms with Crippen molar-refractivity contribution < 1.29 is 22.4 Å². The Morgan fingerprint density at radius 2 is 2.16 bits per heavy atom. The Kier molecular flexibility index (Phi) is 4.46. The van der Waals surface area contributed by atoms with E-state index in [1.54, 1.807) is 0 Å². The van der Waals surface area contributed by atoms with E-state index in [-0.39, 0.29) is 11.7 Å². The smallest absolute Gasteiger partial charge is 0.336 e. The highest BCUT2D eigenvalue weighted by molar-refractivity contribution is 5.93. The minimum Gasteiger partial charge on any atom is -0.336 e. The number of likely N-dealkylation sites (N-methyl/N-ethyl adjacent to an activating group) is 1. The van der Waals surface area contributed by atoms with Crippen molar-refractivity contribution in [2.24, 2.45) is 0 Å². The number of nitrogens with one attached hydrogen (secondary N) is 1. The van der Waals surface area contributed by atoms with Gasteiger partial charge in [0.2, 0.25) is 0 Å². The molecule has 2 aromatic rings. The van der Waals surface area contributed by atoms with Gasteiger partial charge in [0.15, 0.2) is 11.4 Å². The molecule has 0 spiro atoms. The van der Waals surface area contributed by atoms with Gasteiger partial charge in [-0.2, -0.15) is 13.2 Å². The van der Waals surface area contributed by atoms with Gasteiger partial charge >= 0.3 is 6.18 Å². The Balaban J connectivity index is 2.04. The van der Waals surface area contributed by atoms with Crippen LogP contribution in [0.3, 0.4) is 0 Å². The number of halogens is 4. The first kappa shape index (κ1) is 17.3. The van der Waals surface area contributed by atoms with Crippen LogP contribution in [0.2, 0.25) is 0 Å². The molecule has 0 unspecified atom stereocenters. The van der Waals surface area contributed by atoms with Crippen LogP contribution in [0.15, 0.2) is 24.3 Å². The molecule has 0 radical (unpaired) electrons. The van der Waals surface area contributed by atoms with Gasteiger partial charge in [0.25, 0.3) is 5.91 Å². The molecule has 1 aromatic carbocycles. The van der Waals surface area contributed by atoms with Crippen LogP contribution in [-0.4, -0.2) is 52.0 Å². The first-order valence-corrected chi connectivity index (χ1v) is 7.55. The molecule has 25 heavy (non-hydrogen) atoms. The Bertz CT molecular complexity index is 782. The minimum atomic E-state index is -4.88. The lowest BCUT2D eigenvalue weighted by molar-refractivity contribution is -0.143. The molecule has 1 N–H and O–H groups in total. The standard InChI is InChI=1S/C15H15F4N5O/c1-23(11-5-6-20-8-11)14(25)12-13(15(17,18)19)24(22-21-12)10-4-2-3-9(16)7-10/h2-4,7,11,20H,5-6,8H2,1H3/t11-/m1/s1. The maximum Gasteiger partial charge on any atom is 0.435 e. The summed E-state index contributed by atoms with van der Waals surface area (Å²) >= 11 is 0. The number of alkyl halides is 3. The summed E-state index contributed by atoms with van der Waals surface area (Å²) in [6.45, 7) is 1.19. The van der Waals surface area contributed by atoms with Crippen molar-refractivity contribution in [1.82, 2.24) is 25.2 Å². The van der Waals surface area contributed by atoms with Crippen molar-refractivity contribution in [2.45, 2.75) is 18.6 Å². The molecule has 1 atom stereocenters. The number of carbonyl (C=O) groups is 1. The fourth-order valence-electron chi connectivity index (χ4n) is 2.77. The topological polar surface area (TPSA) is 63.1 Å². The van der Waals surface area contributed by atoms with E-state index in [9.17, 15) is 22.4 Å². The summed E-state index contributed by atoms with van der Waals surface area (Å²) in [5.41, 5.74) is -2.28. The summed E-state index contributed by atoms with van der Waals surface area (Å²) in [4.78, 5) is 13.8. The van der Waals surface area contributed by atoms with E-state index in [1.807, 2.05) is 0 Å². The van der Waals surface area contributed by atoms with Crippen molar-refractivity contribution >= 4 is 5.91 Å². The lowest BCUT2D eigenvalue weighted by Gasteiger charge is -2.23. The van der Waals surface area contributed by atoms with E-state index in [0.717, 1.165) is 12.1 Å². The molecule has 0 saturated carbocycles. The number of aromatic nitrogens is 3. The van der Waals surface area contributed by atoms with Gasteiger partial charge < -0.3 is 10.2 Å². The summed E-state index contributed by atoms with van der Waals surface area (Å²) in [5, 5.41) is 9.92. The van der Waals surface area contributed by atoms with Crippen molar-refractivity contribution in [2.75, 3.05) is 20.1 Å². The fourth-order valence-corrected chi connectivity index (χ4v) is 2.77. The molecule has 1 fully saturated rings. The van der Waals surface area contributed by atoms with Crippen LogP contribution < -0.4 is 5.32 Å². The van der Waals surface area contributed by atoms with Gasteiger partial charge in [-0.05, 0) is 31.2 Å². The monoisotopic (exact) mass is 357 g/mol. The zero-order valence-electron chi connectivity index (χ0n) is 13.2. The molecule has 134 valence electrons. The molecule has 10 heteroatoms. The molecule has 6 nitrogen and oxygen atoms in total. The third kappa shape index (κ3) is 3.34. The molecule has 3 rings (SSSR count). The highest BCUT2D eigenvalue weighted by Gasteiger charge is 2.43. The predicted molar refractivity (Wildman–Crippen MR) is 79.7 cm³/mol. The normalized spacial score (nSPS) is 17.7. The zero-order chi connectivity index (χ0) is 18.2. The molecule has 2 heterocycles. The fraction of sp³-hybridized carbons (Fsp3) is 0.400. The number of hydrogen-bond donors (Lipinski definition) is 1. The molecular formula is C15H15F4N5O. The zero-order valence-corrected chi connectivity index (χ0v) is 13.2. The largest absolute Gasteiger partial charge is 0.435 e. The Hall–Kier alpha value is -2.49. The van der Waals surface area contributed by atoms with Crippen molar-refractivity contribution in [3.63, 3.8) is 0 Å². The summed E-state index contributed by atoms with van der Waals surface area (Å²) in [5.74, 6) is -1.59. The number of benzene rings is 1. The first-order valence-electron chi connectivity index (χ1n) is 7.55. The second-order valence-electron chi connectivity index (χ2n) is 5.74. The number of carbonyl (C=O) groups excluding carboxylic acids is 1. The van der Waals surface area contributed by atoms with Crippen molar-refractivity contribution in [1.29, 1.82) is 0 Å². The van der Waals surface area contributed by atoms with Gasteiger partial charge in [-0.1, -0.05) is 11.3 Å². The number of hydrogen-bond acceptors (Lipinski definition) is 4. The van der Waals surface area contributed by atoms with Crippen LogP contribution in [0.1, 0.15) is 22.6 Å². The number of rotatable bonds is 3. The maximum atomic E-state index is 13.6. The third-order valence-corrected chi connectivity index (χ3v) is 4.10. The highest BCUT2D eigenvalue weighted by atomic mass is 19.4. The van der Waals surface area contributed by atoms with E-state index in [0.29, 0.717) is 24.2 Å². The van der Waals surface area contributed by atoms with Gasteiger partial charge in [0.1, 0.15) is 5.82 Å². The van der Waals surface area contributed by atoms with E-state index in [1.165, 1.54) is 24.1 Å². The van der Waals surface area contributed by atoms with Crippen LogP contribution >= 0.6 is 0 Å². The van der Waals surface area contributed by atoms with E-state index < -0.39 is 29.3 Å². The Labute approximate surface area is 140 Å². The molecular weight excluding hydrogens is 342 g/mol. The Morgan fingerprint density at radius 1 is 1.40 bits per heavy atom. The van der Waals surface area contributed by atoms with E-state index >= 15 is 0 Å². The van der Waals surface area contributed by atoms with Crippen LogP contribution in [0.5, 0.6) is 0 Å². The second kappa shape index (κ2) is 6.43. The average molecular weight is 357 g/mol. The van der Waals surface area contributed by atoms with Gasteiger partial charge in [-0.15, -0.1) is 5.10 Å². The van der Waals surface area contributed by atoms with E-state index in [2.05, 4.69) is 15.6 Å². The van der Waals surface area contributed by atoms with Crippen molar-refractivity contribution in [3.05, 3.63) is 41.5 Å². The molecule has 0 aliphatic carbocycles. The summed E-state index contributed by atoms with van der Waals surface area (Å²) in [6.07, 6.45) is -4.24. The lowest BCUT2D eigenvalue weighted by Crippen LogP contribution is -2.39. The van der Waals surface area contributed by atoms with Gasteiger partial charge in [0, 0.05) is 19.6 Å². The SMILES string of the molecule is CN(C(=O)c1nnn(-c2cccc(F)c2)c1C(F)(F)F)[C@@H]1CCNC1. The van der Waals surface area contributed by atoms with Crippen LogP contribution in [0.25, 0.3) is 5.69 Å². The van der Waals surface area contributed by atoms with E-state index in [4.69, 9.17) is 0 Å². The molecule has 1 saturated heterocycles. The minimum absolute atomic E-state index is 0.163. The second-order valence-corrected chi connectivity index (χ2v) is 5.74. The predicted octanol–water partition coefficient (Wildman–Crippen LogP) is 1.86. The van der Waals surface area contributed by atoms with Crippen LogP contribution in [-0.2, 0) is 6.18 Å². The first-order chi connectivity index (χ1) is 11.8. The molecule has 1 aromatic heterocycles. The summed E-state index contributed by atoms with van der Waals surface area (Å²) in [7, 11) is 1.43.